The van der Waals surface area contributed by atoms with Crippen molar-refractivity contribution in [2.75, 3.05) is 0 Å². The summed E-state index contributed by atoms with van der Waals surface area (Å²) in [5.74, 6) is 7.52. The van der Waals surface area contributed by atoms with Gasteiger partial charge in [0.25, 0.3) is 0 Å². The van der Waals surface area contributed by atoms with Gasteiger partial charge in [0.15, 0.2) is 0 Å². The second-order valence-corrected chi connectivity index (χ2v) is 9.76. The predicted octanol–water partition coefficient (Wildman–Crippen LogP) is 6.30. The number of rotatable bonds is 1. The summed E-state index contributed by atoms with van der Waals surface area (Å²) < 4.78 is 0. The van der Waals surface area contributed by atoms with E-state index in [9.17, 15) is 0 Å². The van der Waals surface area contributed by atoms with E-state index >= 15 is 0 Å². The lowest BCUT2D eigenvalue weighted by Gasteiger charge is -2.59. The Morgan fingerprint density at radius 2 is 1.71 bits per heavy atom. The maximum Gasteiger partial charge on any atom is -0.0266 e. The lowest BCUT2D eigenvalue weighted by atomic mass is 9.46. The Morgan fingerprint density at radius 1 is 0.857 bits per heavy atom. The summed E-state index contributed by atoms with van der Waals surface area (Å²) in [6.07, 6.45) is 15.7. The minimum absolute atomic E-state index is 0.724. The van der Waals surface area contributed by atoms with E-state index in [2.05, 4.69) is 20.8 Å². The van der Waals surface area contributed by atoms with Crippen LogP contribution in [-0.2, 0) is 0 Å². The molecule has 21 heavy (non-hydrogen) atoms. The van der Waals surface area contributed by atoms with Gasteiger partial charge in [-0.3, -0.25) is 0 Å². The largest absolute Gasteiger partial charge is 0.0625 e. The topological polar surface area (TPSA) is 0 Å². The molecular formula is C21H36. The van der Waals surface area contributed by atoms with Crippen LogP contribution in [0.15, 0.2) is 0 Å². The summed E-state index contributed by atoms with van der Waals surface area (Å²) in [5.41, 5.74) is 0.724. The van der Waals surface area contributed by atoms with Crippen molar-refractivity contribution in [3.63, 3.8) is 0 Å². The number of hydrogen-bond acceptors (Lipinski definition) is 0. The van der Waals surface area contributed by atoms with E-state index in [1.165, 1.54) is 6.42 Å². The van der Waals surface area contributed by atoms with Crippen molar-refractivity contribution in [2.45, 2.75) is 85.0 Å². The van der Waals surface area contributed by atoms with Gasteiger partial charge in [0.05, 0.1) is 0 Å². The fourth-order valence-corrected chi connectivity index (χ4v) is 7.52. The Hall–Kier alpha value is 0. The molecule has 0 radical (unpaired) electrons. The standard InChI is InChI=1S/C21H36/c1-14(2)16-11-12-21(3)17(13-16)8-9-19-18-6-4-5-15(18)7-10-20(19)21/h14-20H,4-13H2,1-3H3. The molecule has 4 aliphatic rings. The molecule has 0 heteroatoms. The number of hydrogen-bond donors (Lipinski definition) is 0. The first-order valence-electron chi connectivity index (χ1n) is 10.1. The van der Waals surface area contributed by atoms with Gasteiger partial charge in [0.1, 0.15) is 0 Å². The van der Waals surface area contributed by atoms with Crippen LogP contribution in [0, 0.1) is 46.8 Å². The van der Waals surface area contributed by atoms with Gasteiger partial charge in [-0.05, 0) is 98.2 Å². The molecule has 0 N–H and O–H groups in total. The van der Waals surface area contributed by atoms with Crippen molar-refractivity contribution in [1.29, 1.82) is 0 Å². The third kappa shape index (κ3) is 2.22. The molecule has 4 aliphatic carbocycles. The van der Waals surface area contributed by atoms with Crippen LogP contribution in [0.2, 0.25) is 0 Å². The highest BCUT2D eigenvalue weighted by Gasteiger charge is 2.55. The first kappa shape index (κ1) is 14.6. The van der Waals surface area contributed by atoms with Crippen LogP contribution in [0.25, 0.3) is 0 Å². The van der Waals surface area contributed by atoms with Crippen LogP contribution in [0.3, 0.4) is 0 Å². The maximum atomic E-state index is 2.72. The molecule has 4 rings (SSSR count). The minimum Gasteiger partial charge on any atom is -0.0625 e. The van der Waals surface area contributed by atoms with E-state index in [0.29, 0.717) is 0 Å². The van der Waals surface area contributed by atoms with Crippen molar-refractivity contribution in [3.8, 4) is 0 Å². The summed E-state index contributed by atoms with van der Waals surface area (Å²) in [6.45, 7) is 7.64. The van der Waals surface area contributed by atoms with E-state index in [-0.39, 0.29) is 0 Å². The fourth-order valence-electron chi connectivity index (χ4n) is 7.52. The predicted molar refractivity (Wildman–Crippen MR) is 90.1 cm³/mol. The van der Waals surface area contributed by atoms with Gasteiger partial charge < -0.3 is 0 Å². The normalized spacial score (nSPS) is 53.1. The Balaban J connectivity index is 1.55. The summed E-state index contributed by atoms with van der Waals surface area (Å²) in [7, 11) is 0. The molecule has 7 unspecified atom stereocenters. The molecule has 7 atom stereocenters. The first-order chi connectivity index (χ1) is 10.1. The molecule has 0 heterocycles. The molecule has 0 nitrogen and oxygen atoms in total. The third-order valence-electron chi connectivity index (χ3n) is 8.85. The Morgan fingerprint density at radius 3 is 2.52 bits per heavy atom. The van der Waals surface area contributed by atoms with Gasteiger partial charge in [0, 0.05) is 0 Å². The Labute approximate surface area is 132 Å². The fraction of sp³-hybridized carbons (Fsp3) is 1.00. The zero-order chi connectivity index (χ0) is 14.6. The van der Waals surface area contributed by atoms with Crippen LogP contribution in [-0.4, -0.2) is 0 Å². The second kappa shape index (κ2) is 5.27. The first-order valence-corrected chi connectivity index (χ1v) is 10.1. The molecule has 0 aliphatic heterocycles. The smallest absolute Gasteiger partial charge is 0.0266 e. The van der Waals surface area contributed by atoms with Crippen molar-refractivity contribution < 1.29 is 0 Å². The molecule has 4 fully saturated rings. The highest BCUT2D eigenvalue weighted by molar-refractivity contribution is 5.04. The molecule has 4 saturated carbocycles. The average molecular weight is 289 g/mol. The van der Waals surface area contributed by atoms with Gasteiger partial charge >= 0.3 is 0 Å². The Bertz CT molecular complexity index is 383. The highest BCUT2D eigenvalue weighted by Crippen LogP contribution is 2.63. The van der Waals surface area contributed by atoms with Crippen molar-refractivity contribution in [3.05, 3.63) is 0 Å². The van der Waals surface area contributed by atoms with Gasteiger partial charge in [-0.15, -0.1) is 0 Å². The third-order valence-corrected chi connectivity index (χ3v) is 8.85. The van der Waals surface area contributed by atoms with E-state index < -0.39 is 0 Å². The minimum atomic E-state index is 0.724. The van der Waals surface area contributed by atoms with Crippen molar-refractivity contribution in [1.82, 2.24) is 0 Å². The molecule has 0 saturated heterocycles. The zero-order valence-electron chi connectivity index (χ0n) is 14.6. The molecule has 0 amide bonds. The van der Waals surface area contributed by atoms with Gasteiger partial charge in [-0.2, -0.15) is 0 Å². The summed E-state index contributed by atoms with van der Waals surface area (Å²) in [6, 6.07) is 0. The number of fused-ring (bicyclic) bond motifs is 5. The van der Waals surface area contributed by atoms with E-state index in [0.717, 1.165) is 46.8 Å². The van der Waals surface area contributed by atoms with Gasteiger partial charge in [0.2, 0.25) is 0 Å². The second-order valence-electron chi connectivity index (χ2n) is 9.76. The van der Waals surface area contributed by atoms with Crippen molar-refractivity contribution >= 4 is 0 Å². The molecule has 0 aromatic carbocycles. The molecule has 0 aromatic rings. The average Bonchev–Trinajstić information content (AvgIpc) is 2.94. The summed E-state index contributed by atoms with van der Waals surface area (Å²) in [5, 5.41) is 0. The van der Waals surface area contributed by atoms with E-state index in [1.54, 1.807) is 57.8 Å². The van der Waals surface area contributed by atoms with Gasteiger partial charge in [-0.1, -0.05) is 33.6 Å². The molecule has 0 bridgehead atoms. The van der Waals surface area contributed by atoms with Crippen LogP contribution < -0.4 is 0 Å². The summed E-state index contributed by atoms with van der Waals surface area (Å²) >= 11 is 0. The molecule has 0 aromatic heterocycles. The lowest BCUT2D eigenvalue weighted by molar-refractivity contribution is -0.0971. The van der Waals surface area contributed by atoms with Crippen LogP contribution >= 0.6 is 0 Å². The molecule has 0 spiro atoms. The molecule has 120 valence electrons. The van der Waals surface area contributed by atoms with Crippen LogP contribution in [0.1, 0.15) is 85.0 Å². The van der Waals surface area contributed by atoms with E-state index in [4.69, 9.17) is 0 Å². The zero-order valence-corrected chi connectivity index (χ0v) is 14.6. The monoisotopic (exact) mass is 288 g/mol. The van der Waals surface area contributed by atoms with E-state index in [1.807, 2.05) is 0 Å². The molecular weight excluding hydrogens is 252 g/mol. The lowest BCUT2D eigenvalue weighted by Crippen LogP contribution is -2.51. The SMILES string of the molecule is CC(C)C1CCC2(C)C(CCC3C4CCCC4CCC32)C1. The Kier molecular flexibility index (Phi) is 3.66. The van der Waals surface area contributed by atoms with Crippen LogP contribution in [0.4, 0.5) is 0 Å². The quantitative estimate of drug-likeness (QED) is 0.531. The van der Waals surface area contributed by atoms with Crippen molar-refractivity contribution in [2.24, 2.45) is 46.8 Å². The summed E-state index contributed by atoms with van der Waals surface area (Å²) in [4.78, 5) is 0. The highest BCUT2D eigenvalue weighted by atomic mass is 14.6. The van der Waals surface area contributed by atoms with Gasteiger partial charge in [-0.25, -0.2) is 0 Å². The maximum absolute atomic E-state index is 2.72. The van der Waals surface area contributed by atoms with Crippen LogP contribution in [0.5, 0.6) is 0 Å².